The standard InChI is InChI=1S/C11H8ClN3/c12-11-6-14-15(8-11)7-10-4-2-1-3-9(10)5-13/h1-4,6,8H,7H2. The first kappa shape index (κ1) is 9.75. The highest BCUT2D eigenvalue weighted by Gasteiger charge is 2.02. The van der Waals surface area contributed by atoms with Crippen LogP contribution in [0.1, 0.15) is 11.1 Å². The predicted molar refractivity (Wildman–Crippen MR) is 57.5 cm³/mol. The molecule has 0 atom stereocenters. The van der Waals surface area contributed by atoms with Gasteiger partial charge in [-0.2, -0.15) is 10.4 Å². The smallest absolute Gasteiger partial charge is 0.0995 e. The minimum atomic E-state index is 0.566. The SMILES string of the molecule is N#Cc1ccccc1Cn1cc(Cl)cn1. The zero-order valence-electron chi connectivity index (χ0n) is 7.89. The van der Waals surface area contributed by atoms with Crippen LogP contribution in [0.4, 0.5) is 0 Å². The normalized spacial score (nSPS) is 9.87. The predicted octanol–water partition coefficient (Wildman–Crippen LogP) is 2.46. The van der Waals surface area contributed by atoms with Gasteiger partial charge in [0.1, 0.15) is 0 Å². The van der Waals surface area contributed by atoms with Crippen molar-refractivity contribution in [1.82, 2.24) is 9.78 Å². The first-order valence-electron chi connectivity index (χ1n) is 4.45. The number of nitriles is 1. The van der Waals surface area contributed by atoms with E-state index in [-0.39, 0.29) is 0 Å². The molecule has 0 saturated carbocycles. The number of benzene rings is 1. The monoisotopic (exact) mass is 217 g/mol. The van der Waals surface area contributed by atoms with E-state index in [1.807, 2.05) is 18.2 Å². The molecule has 2 aromatic rings. The summed E-state index contributed by atoms with van der Waals surface area (Å²) >= 11 is 5.75. The Morgan fingerprint density at radius 1 is 1.40 bits per heavy atom. The first-order valence-corrected chi connectivity index (χ1v) is 4.83. The van der Waals surface area contributed by atoms with Gasteiger partial charge in [-0.15, -0.1) is 0 Å². The molecule has 0 bridgehead atoms. The number of nitrogens with zero attached hydrogens (tertiary/aromatic N) is 3. The lowest BCUT2D eigenvalue weighted by Gasteiger charge is -2.03. The summed E-state index contributed by atoms with van der Waals surface area (Å²) in [6, 6.07) is 9.60. The van der Waals surface area contributed by atoms with Crippen molar-refractivity contribution in [2.45, 2.75) is 6.54 Å². The Morgan fingerprint density at radius 3 is 2.87 bits per heavy atom. The van der Waals surface area contributed by atoms with Crippen molar-refractivity contribution in [2.24, 2.45) is 0 Å². The summed E-state index contributed by atoms with van der Waals surface area (Å²) in [7, 11) is 0. The van der Waals surface area contributed by atoms with Crippen LogP contribution in [-0.4, -0.2) is 9.78 Å². The van der Waals surface area contributed by atoms with E-state index < -0.39 is 0 Å². The van der Waals surface area contributed by atoms with Crippen LogP contribution >= 0.6 is 11.6 Å². The number of aromatic nitrogens is 2. The summed E-state index contributed by atoms with van der Waals surface area (Å²) < 4.78 is 1.71. The van der Waals surface area contributed by atoms with Gasteiger partial charge in [0, 0.05) is 6.20 Å². The number of rotatable bonds is 2. The Morgan fingerprint density at radius 2 is 2.20 bits per heavy atom. The fraction of sp³-hybridized carbons (Fsp3) is 0.0909. The molecule has 0 saturated heterocycles. The largest absolute Gasteiger partial charge is 0.267 e. The molecule has 3 nitrogen and oxygen atoms in total. The second kappa shape index (κ2) is 4.16. The van der Waals surface area contributed by atoms with Gasteiger partial charge in [0.25, 0.3) is 0 Å². The van der Waals surface area contributed by atoms with Crippen LogP contribution in [-0.2, 0) is 6.54 Å². The van der Waals surface area contributed by atoms with Gasteiger partial charge in [-0.25, -0.2) is 0 Å². The maximum Gasteiger partial charge on any atom is 0.0995 e. The lowest BCUT2D eigenvalue weighted by molar-refractivity contribution is 0.686. The van der Waals surface area contributed by atoms with E-state index in [1.165, 1.54) is 0 Å². The van der Waals surface area contributed by atoms with Crippen molar-refractivity contribution in [2.75, 3.05) is 0 Å². The average molecular weight is 218 g/mol. The quantitative estimate of drug-likeness (QED) is 0.776. The van der Waals surface area contributed by atoms with E-state index in [1.54, 1.807) is 23.1 Å². The highest BCUT2D eigenvalue weighted by atomic mass is 35.5. The summed E-state index contributed by atoms with van der Waals surface area (Å²) in [6.07, 6.45) is 3.31. The zero-order chi connectivity index (χ0) is 10.7. The summed E-state index contributed by atoms with van der Waals surface area (Å²) in [5, 5.41) is 13.6. The van der Waals surface area contributed by atoms with Gasteiger partial charge in [-0.3, -0.25) is 4.68 Å². The molecule has 1 aromatic heterocycles. The molecule has 4 heteroatoms. The van der Waals surface area contributed by atoms with E-state index in [2.05, 4.69) is 11.2 Å². The molecule has 2 rings (SSSR count). The van der Waals surface area contributed by atoms with Gasteiger partial charge < -0.3 is 0 Å². The molecule has 0 aliphatic rings. The number of hydrogen-bond donors (Lipinski definition) is 0. The molecule has 0 unspecified atom stereocenters. The highest BCUT2D eigenvalue weighted by Crippen LogP contribution is 2.11. The molecule has 1 heterocycles. The fourth-order valence-corrected chi connectivity index (χ4v) is 1.52. The van der Waals surface area contributed by atoms with Crippen molar-refractivity contribution in [3.05, 3.63) is 52.8 Å². The highest BCUT2D eigenvalue weighted by molar-refractivity contribution is 6.30. The molecule has 0 radical (unpaired) electrons. The molecule has 0 N–H and O–H groups in total. The van der Waals surface area contributed by atoms with Crippen LogP contribution in [0.5, 0.6) is 0 Å². The molecule has 0 amide bonds. The van der Waals surface area contributed by atoms with E-state index in [4.69, 9.17) is 16.9 Å². The summed E-state index contributed by atoms with van der Waals surface area (Å²) in [4.78, 5) is 0. The third-order valence-corrected chi connectivity index (χ3v) is 2.27. The molecule has 0 aliphatic carbocycles. The Labute approximate surface area is 92.5 Å². The van der Waals surface area contributed by atoms with Crippen LogP contribution in [0.25, 0.3) is 0 Å². The average Bonchev–Trinajstić information content (AvgIpc) is 2.65. The van der Waals surface area contributed by atoms with Gasteiger partial charge in [-0.1, -0.05) is 29.8 Å². The topological polar surface area (TPSA) is 41.6 Å². The molecule has 0 fully saturated rings. The van der Waals surface area contributed by atoms with Crippen LogP contribution in [0.15, 0.2) is 36.7 Å². The Bertz CT molecular complexity index is 511. The summed E-state index contributed by atoms with van der Waals surface area (Å²) in [6.45, 7) is 0.566. The molecule has 0 aliphatic heterocycles. The van der Waals surface area contributed by atoms with E-state index in [9.17, 15) is 0 Å². The van der Waals surface area contributed by atoms with Crippen LogP contribution in [0, 0.1) is 11.3 Å². The second-order valence-electron chi connectivity index (χ2n) is 3.13. The molecule has 15 heavy (non-hydrogen) atoms. The number of halogens is 1. The van der Waals surface area contributed by atoms with Crippen molar-refractivity contribution in [1.29, 1.82) is 5.26 Å². The fourth-order valence-electron chi connectivity index (χ4n) is 1.37. The Balaban J connectivity index is 2.28. The van der Waals surface area contributed by atoms with E-state index in [0.29, 0.717) is 17.1 Å². The maximum atomic E-state index is 8.90. The van der Waals surface area contributed by atoms with Gasteiger partial charge in [0.15, 0.2) is 0 Å². The summed E-state index contributed by atoms with van der Waals surface area (Å²) in [5.41, 5.74) is 1.61. The molecular weight excluding hydrogens is 210 g/mol. The molecular formula is C11H8ClN3. The Hall–Kier alpha value is -1.79. The zero-order valence-corrected chi connectivity index (χ0v) is 8.65. The molecule has 1 aromatic carbocycles. The van der Waals surface area contributed by atoms with Gasteiger partial charge in [0.2, 0.25) is 0 Å². The van der Waals surface area contributed by atoms with E-state index in [0.717, 1.165) is 5.56 Å². The van der Waals surface area contributed by atoms with Crippen molar-refractivity contribution in [3.8, 4) is 6.07 Å². The lowest BCUT2D eigenvalue weighted by atomic mass is 10.1. The van der Waals surface area contributed by atoms with Crippen LogP contribution in [0.2, 0.25) is 5.02 Å². The van der Waals surface area contributed by atoms with Crippen molar-refractivity contribution in [3.63, 3.8) is 0 Å². The first-order chi connectivity index (χ1) is 7.29. The Kier molecular flexibility index (Phi) is 2.70. The van der Waals surface area contributed by atoms with Crippen molar-refractivity contribution < 1.29 is 0 Å². The maximum absolute atomic E-state index is 8.90. The van der Waals surface area contributed by atoms with Gasteiger partial charge in [0.05, 0.1) is 29.4 Å². The summed E-state index contributed by atoms with van der Waals surface area (Å²) in [5.74, 6) is 0. The number of hydrogen-bond acceptors (Lipinski definition) is 2. The third-order valence-electron chi connectivity index (χ3n) is 2.07. The minimum Gasteiger partial charge on any atom is -0.267 e. The van der Waals surface area contributed by atoms with Gasteiger partial charge >= 0.3 is 0 Å². The minimum absolute atomic E-state index is 0.566. The second-order valence-corrected chi connectivity index (χ2v) is 3.56. The van der Waals surface area contributed by atoms with E-state index >= 15 is 0 Å². The lowest BCUT2D eigenvalue weighted by Crippen LogP contribution is -2.01. The third kappa shape index (κ3) is 2.17. The van der Waals surface area contributed by atoms with Crippen LogP contribution in [0.3, 0.4) is 0 Å². The van der Waals surface area contributed by atoms with Crippen molar-refractivity contribution >= 4 is 11.6 Å². The van der Waals surface area contributed by atoms with Crippen LogP contribution < -0.4 is 0 Å². The molecule has 74 valence electrons. The molecule has 0 spiro atoms. The van der Waals surface area contributed by atoms with Gasteiger partial charge in [-0.05, 0) is 11.6 Å².